The van der Waals surface area contributed by atoms with Gasteiger partial charge in [-0.25, -0.2) is 10.9 Å². The number of benzene rings is 2. The lowest BCUT2D eigenvalue weighted by molar-refractivity contribution is 0.340. The predicted molar refractivity (Wildman–Crippen MR) is 104 cm³/mol. The molecule has 5 nitrogen and oxygen atoms in total. The van der Waals surface area contributed by atoms with Crippen molar-refractivity contribution in [1.82, 2.24) is 21.0 Å². The maximum Gasteiger partial charge on any atom is 0.245 e. The Labute approximate surface area is 161 Å². The third kappa shape index (κ3) is 3.58. The number of rotatable bonds is 4. The van der Waals surface area contributed by atoms with Crippen molar-refractivity contribution in [3.63, 3.8) is 0 Å². The lowest BCUT2D eigenvalue weighted by atomic mass is 9.97. The summed E-state index contributed by atoms with van der Waals surface area (Å²) >= 11 is 3.44. The second-order valence-electron chi connectivity index (χ2n) is 6.91. The van der Waals surface area contributed by atoms with E-state index >= 15 is 0 Å². The molecule has 0 saturated carbocycles. The van der Waals surface area contributed by atoms with Crippen molar-refractivity contribution in [2.24, 2.45) is 0 Å². The molecule has 0 radical (unpaired) electrons. The van der Waals surface area contributed by atoms with Crippen LogP contribution in [0.5, 0.6) is 0 Å². The van der Waals surface area contributed by atoms with E-state index in [9.17, 15) is 0 Å². The summed E-state index contributed by atoms with van der Waals surface area (Å²) in [7, 11) is 0. The summed E-state index contributed by atoms with van der Waals surface area (Å²) in [5.74, 6) is 1.76. The van der Waals surface area contributed by atoms with Crippen LogP contribution in [0.15, 0.2) is 57.5 Å². The maximum atomic E-state index is 5.49. The predicted octanol–water partition coefficient (Wildman–Crippen LogP) is 4.90. The largest absolute Gasteiger partial charge is 0.337 e. The van der Waals surface area contributed by atoms with E-state index in [0.29, 0.717) is 17.6 Å². The molecular weight excluding hydrogens is 392 g/mol. The quantitative estimate of drug-likeness (QED) is 0.637. The first kappa shape index (κ1) is 17.4. The van der Waals surface area contributed by atoms with Gasteiger partial charge in [0.05, 0.1) is 0 Å². The highest BCUT2D eigenvalue weighted by atomic mass is 79.9. The second kappa shape index (κ2) is 7.31. The molecule has 1 fully saturated rings. The van der Waals surface area contributed by atoms with Crippen molar-refractivity contribution in [3.8, 4) is 11.4 Å². The molecule has 26 heavy (non-hydrogen) atoms. The summed E-state index contributed by atoms with van der Waals surface area (Å²) in [4.78, 5) is 4.56. The van der Waals surface area contributed by atoms with Crippen LogP contribution < -0.4 is 10.9 Å². The topological polar surface area (TPSA) is 63.0 Å². The molecule has 0 spiro atoms. The monoisotopic (exact) mass is 412 g/mol. The molecule has 1 aromatic heterocycles. The third-order valence-corrected chi connectivity index (χ3v) is 5.28. The number of halogens is 1. The number of aromatic nitrogens is 2. The van der Waals surface area contributed by atoms with Crippen molar-refractivity contribution >= 4 is 15.9 Å². The van der Waals surface area contributed by atoms with Crippen LogP contribution in [0.25, 0.3) is 11.4 Å². The molecule has 0 aliphatic carbocycles. The standard InChI is InChI=1S/C20H21BrN4O/c1-12(2)13-3-5-14(6-4-13)17-11-18(24-23-17)20-22-19(25-26-20)15-7-9-16(21)10-8-15/h3-10,12,17-18,23-24H,11H2,1-2H3. The fourth-order valence-corrected chi connectivity index (χ4v) is 3.41. The van der Waals surface area contributed by atoms with Crippen LogP contribution in [0.2, 0.25) is 0 Å². The van der Waals surface area contributed by atoms with Gasteiger partial charge in [0, 0.05) is 16.1 Å². The average Bonchev–Trinajstić information content (AvgIpc) is 3.32. The van der Waals surface area contributed by atoms with Crippen molar-refractivity contribution < 1.29 is 4.52 Å². The first-order valence-electron chi connectivity index (χ1n) is 8.80. The van der Waals surface area contributed by atoms with E-state index in [-0.39, 0.29) is 12.1 Å². The third-order valence-electron chi connectivity index (χ3n) is 4.75. The Bertz CT molecular complexity index is 874. The molecule has 2 unspecified atom stereocenters. The van der Waals surface area contributed by atoms with Gasteiger partial charge in [-0.1, -0.05) is 59.2 Å². The first-order valence-corrected chi connectivity index (χ1v) is 9.60. The van der Waals surface area contributed by atoms with Crippen LogP contribution >= 0.6 is 15.9 Å². The molecule has 2 heterocycles. The Morgan fingerprint density at radius 2 is 1.69 bits per heavy atom. The van der Waals surface area contributed by atoms with Gasteiger partial charge in [-0.15, -0.1) is 0 Å². The van der Waals surface area contributed by atoms with Crippen LogP contribution in [0.3, 0.4) is 0 Å². The van der Waals surface area contributed by atoms with E-state index in [2.05, 4.69) is 75.0 Å². The van der Waals surface area contributed by atoms with Gasteiger partial charge in [-0.3, -0.25) is 0 Å². The molecular formula is C20H21BrN4O. The summed E-state index contributed by atoms with van der Waals surface area (Å²) in [6.07, 6.45) is 0.864. The Balaban J connectivity index is 1.46. The van der Waals surface area contributed by atoms with Gasteiger partial charge in [0.15, 0.2) is 0 Å². The van der Waals surface area contributed by atoms with Crippen LogP contribution in [0.4, 0.5) is 0 Å². The number of nitrogens with one attached hydrogen (secondary N) is 2. The number of hydrogen-bond donors (Lipinski definition) is 2. The molecule has 2 aromatic carbocycles. The average molecular weight is 413 g/mol. The molecule has 0 bridgehead atoms. The van der Waals surface area contributed by atoms with E-state index in [4.69, 9.17) is 4.52 Å². The minimum absolute atomic E-state index is 0.00136. The highest BCUT2D eigenvalue weighted by Gasteiger charge is 2.30. The summed E-state index contributed by atoms with van der Waals surface area (Å²) < 4.78 is 6.52. The Morgan fingerprint density at radius 3 is 2.38 bits per heavy atom. The number of hydrogen-bond acceptors (Lipinski definition) is 5. The van der Waals surface area contributed by atoms with Gasteiger partial charge in [-0.2, -0.15) is 4.98 Å². The molecule has 2 atom stereocenters. The van der Waals surface area contributed by atoms with Gasteiger partial charge >= 0.3 is 0 Å². The van der Waals surface area contributed by atoms with E-state index in [1.807, 2.05) is 24.3 Å². The smallest absolute Gasteiger partial charge is 0.245 e. The van der Waals surface area contributed by atoms with Crippen molar-refractivity contribution in [2.75, 3.05) is 0 Å². The Hall–Kier alpha value is -2.02. The first-order chi connectivity index (χ1) is 12.6. The van der Waals surface area contributed by atoms with Gasteiger partial charge in [0.25, 0.3) is 0 Å². The summed E-state index contributed by atoms with van der Waals surface area (Å²) in [5, 5.41) is 4.12. The highest BCUT2D eigenvalue weighted by Crippen LogP contribution is 2.31. The maximum absolute atomic E-state index is 5.49. The van der Waals surface area contributed by atoms with Crippen LogP contribution in [0.1, 0.15) is 55.3 Å². The van der Waals surface area contributed by atoms with Crippen LogP contribution in [-0.4, -0.2) is 10.1 Å². The zero-order valence-corrected chi connectivity index (χ0v) is 16.3. The second-order valence-corrected chi connectivity index (χ2v) is 7.83. The fourth-order valence-electron chi connectivity index (χ4n) is 3.14. The Kier molecular flexibility index (Phi) is 4.89. The minimum Gasteiger partial charge on any atom is -0.337 e. The SMILES string of the molecule is CC(C)c1ccc(C2CC(c3nc(-c4ccc(Br)cc4)no3)NN2)cc1. The molecule has 2 N–H and O–H groups in total. The number of hydrazine groups is 1. The van der Waals surface area contributed by atoms with E-state index in [1.165, 1.54) is 11.1 Å². The molecule has 1 aliphatic heterocycles. The molecule has 1 saturated heterocycles. The molecule has 4 rings (SSSR count). The normalized spacial score (nSPS) is 20.0. The fraction of sp³-hybridized carbons (Fsp3) is 0.300. The summed E-state index contributed by atoms with van der Waals surface area (Å²) in [5.41, 5.74) is 10.2. The molecule has 3 aromatic rings. The lowest BCUT2D eigenvalue weighted by Gasteiger charge is -2.11. The Morgan fingerprint density at radius 1 is 1.00 bits per heavy atom. The molecule has 134 valence electrons. The number of nitrogens with zero attached hydrogens (tertiary/aromatic N) is 2. The zero-order chi connectivity index (χ0) is 18.1. The van der Waals surface area contributed by atoms with Crippen molar-refractivity contribution in [3.05, 3.63) is 70.0 Å². The summed E-state index contributed by atoms with van der Waals surface area (Å²) in [6.45, 7) is 4.41. The lowest BCUT2D eigenvalue weighted by Crippen LogP contribution is -2.26. The van der Waals surface area contributed by atoms with Crippen LogP contribution in [-0.2, 0) is 0 Å². The molecule has 6 heteroatoms. The van der Waals surface area contributed by atoms with Crippen LogP contribution in [0, 0.1) is 0 Å². The highest BCUT2D eigenvalue weighted by molar-refractivity contribution is 9.10. The van der Waals surface area contributed by atoms with E-state index in [0.717, 1.165) is 16.5 Å². The summed E-state index contributed by atoms with van der Waals surface area (Å²) in [6, 6.07) is 16.9. The van der Waals surface area contributed by atoms with E-state index < -0.39 is 0 Å². The molecule has 1 aliphatic rings. The zero-order valence-electron chi connectivity index (χ0n) is 14.7. The van der Waals surface area contributed by atoms with Crippen molar-refractivity contribution in [2.45, 2.75) is 38.3 Å². The van der Waals surface area contributed by atoms with Gasteiger partial charge < -0.3 is 4.52 Å². The van der Waals surface area contributed by atoms with Gasteiger partial charge in [0.2, 0.25) is 11.7 Å². The van der Waals surface area contributed by atoms with Crippen molar-refractivity contribution in [1.29, 1.82) is 0 Å². The molecule has 0 amide bonds. The minimum atomic E-state index is 0.00136. The van der Waals surface area contributed by atoms with Gasteiger partial charge in [0.1, 0.15) is 6.04 Å². The van der Waals surface area contributed by atoms with E-state index in [1.54, 1.807) is 0 Å². The van der Waals surface area contributed by atoms with Gasteiger partial charge in [-0.05, 0) is 47.7 Å².